The van der Waals surface area contributed by atoms with E-state index >= 15 is 0 Å². The second-order valence-corrected chi connectivity index (χ2v) is 8.19. The molecule has 25 heavy (non-hydrogen) atoms. The van der Waals surface area contributed by atoms with Gasteiger partial charge in [-0.2, -0.15) is 0 Å². The van der Waals surface area contributed by atoms with Crippen LogP contribution in [-0.4, -0.2) is 55.0 Å². The number of hydrogen-bond donors (Lipinski definition) is 0. The summed E-state index contributed by atoms with van der Waals surface area (Å²) in [5.41, 5.74) is 2.48. The SMILES string of the molecule is CN(C)Cc1csc(CN2CCCN(Cc3cccc(F)c3)CC2)c1. The minimum Gasteiger partial charge on any atom is -0.305 e. The van der Waals surface area contributed by atoms with Crippen LogP contribution in [0, 0.1) is 5.82 Å². The summed E-state index contributed by atoms with van der Waals surface area (Å²) in [6, 6.07) is 9.33. The second-order valence-electron chi connectivity index (χ2n) is 7.19. The summed E-state index contributed by atoms with van der Waals surface area (Å²) < 4.78 is 13.4. The van der Waals surface area contributed by atoms with Crippen LogP contribution >= 0.6 is 11.3 Å². The van der Waals surface area contributed by atoms with Gasteiger partial charge in [0.15, 0.2) is 0 Å². The summed E-state index contributed by atoms with van der Waals surface area (Å²) >= 11 is 1.87. The molecule has 136 valence electrons. The third kappa shape index (κ3) is 5.89. The van der Waals surface area contributed by atoms with Gasteiger partial charge in [0.1, 0.15) is 5.82 Å². The molecule has 0 spiro atoms. The summed E-state index contributed by atoms with van der Waals surface area (Å²) in [6.07, 6.45) is 1.17. The van der Waals surface area contributed by atoms with Gasteiger partial charge >= 0.3 is 0 Å². The first-order valence-electron chi connectivity index (χ1n) is 8.98. The third-order valence-electron chi connectivity index (χ3n) is 4.56. The van der Waals surface area contributed by atoms with Gasteiger partial charge in [-0.25, -0.2) is 4.39 Å². The molecule has 0 unspecified atom stereocenters. The molecule has 2 aromatic rings. The van der Waals surface area contributed by atoms with Gasteiger partial charge in [-0.3, -0.25) is 9.80 Å². The molecular formula is C20H28FN3S. The Morgan fingerprint density at radius 3 is 2.48 bits per heavy atom. The van der Waals surface area contributed by atoms with Crippen molar-refractivity contribution in [1.29, 1.82) is 0 Å². The van der Waals surface area contributed by atoms with Crippen molar-refractivity contribution in [2.45, 2.75) is 26.1 Å². The Labute approximate surface area is 154 Å². The van der Waals surface area contributed by atoms with Gasteiger partial charge in [-0.15, -0.1) is 11.3 Å². The van der Waals surface area contributed by atoms with Crippen molar-refractivity contribution in [3.8, 4) is 0 Å². The fourth-order valence-electron chi connectivity index (χ4n) is 3.41. The van der Waals surface area contributed by atoms with E-state index in [4.69, 9.17) is 0 Å². The lowest BCUT2D eigenvalue weighted by Crippen LogP contribution is -2.30. The molecule has 5 heteroatoms. The van der Waals surface area contributed by atoms with Crippen molar-refractivity contribution in [1.82, 2.24) is 14.7 Å². The fourth-order valence-corrected chi connectivity index (χ4v) is 4.33. The van der Waals surface area contributed by atoms with E-state index in [9.17, 15) is 4.39 Å². The molecule has 0 saturated carbocycles. The molecule has 1 saturated heterocycles. The quantitative estimate of drug-likeness (QED) is 0.777. The van der Waals surface area contributed by atoms with Crippen molar-refractivity contribution in [3.05, 3.63) is 57.5 Å². The fraction of sp³-hybridized carbons (Fsp3) is 0.500. The van der Waals surface area contributed by atoms with Crippen molar-refractivity contribution in [2.24, 2.45) is 0 Å². The molecule has 3 rings (SSSR count). The molecule has 2 heterocycles. The van der Waals surface area contributed by atoms with E-state index in [1.165, 1.54) is 22.9 Å². The Balaban J connectivity index is 1.50. The molecule has 1 aromatic heterocycles. The third-order valence-corrected chi connectivity index (χ3v) is 5.53. The number of rotatable bonds is 6. The van der Waals surface area contributed by atoms with Gasteiger partial charge in [-0.05, 0) is 68.3 Å². The Hall–Kier alpha value is -1.27. The van der Waals surface area contributed by atoms with Crippen LogP contribution < -0.4 is 0 Å². The zero-order valence-electron chi connectivity index (χ0n) is 15.2. The van der Waals surface area contributed by atoms with Crippen LogP contribution in [-0.2, 0) is 19.6 Å². The average Bonchev–Trinajstić information content (AvgIpc) is 2.86. The Bertz CT molecular complexity index is 670. The van der Waals surface area contributed by atoms with Gasteiger partial charge in [0.2, 0.25) is 0 Å². The average molecular weight is 362 g/mol. The maximum absolute atomic E-state index is 13.4. The summed E-state index contributed by atoms with van der Waals surface area (Å²) in [6.45, 7) is 7.26. The zero-order chi connectivity index (χ0) is 17.6. The van der Waals surface area contributed by atoms with Gasteiger partial charge in [0.05, 0.1) is 0 Å². The molecule has 0 bridgehead atoms. The highest BCUT2D eigenvalue weighted by Crippen LogP contribution is 2.19. The number of benzene rings is 1. The first kappa shape index (κ1) is 18.5. The standard InChI is InChI=1S/C20H28FN3S/c1-22(2)13-18-12-20(25-16-18)15-24-8-4-7-23(9-10-24)14-17-5-3-6-19(21)11-17/h3,5-6,11-12,16H,4,7-10,13-15H2,1-2H3. The van der Waals surface area contributed by atoms with Crippen molar-refractivity contribution < 1.29 is 4.39 Å². The van der Waals surface area contributed by atoms with Crippen LogP contribution in [0.4, 0.5) is 4.39 Å². The van der Waals surface area contributed by atoms with E-state index in [0.29, 0.717) is 0 Å². The predicted octanol–water partition coefficient (Wildman–Crippen LogP) is 3.66. The van der Waals surface area contributed by atoms with Gasteiger partial charge in [0.25, 0.3) is 0 Å². The minimum atomic E-state index is -0.139. The van der Waals surface area contributed by atoms with Crippen LogP contribution in [0.15, 0.2) is 35.7 Å². The highest BCUT2D eigenvalue weighted by atomic mass is 32.1. The number of thiophene rings is 1. The maximum atomic E-state index is 13.4. The maximum Gasteiger partial charge on any atom is 0.123 e. The predicted molar refractivity (Wildman–Crippen MR) is 103 cm³/mol. The van der Waals surface area contributed by atoms with E-state index < -0.39 is 0 Å². The topological polar surface area (TPSA) is 9.72 Å². The zero-order valence-corrected chi connectivity index (χ0v) is 16.1. The largest absolute Gasteiger partial charge is 0.305 e. The number of halogens is 1. The summed E-state index contributed by atoms with van der Waals surface area (Å²) in [5.74, 6) is -0.139. The number of nitrogens with zero attached hydrogens (tertiary/aromatic N) is 3. The van der Waals surface area contributed by atoms with Crippen LogP contribution in [0.25, 0.3) is 0 Å². The summed E-state index contributed by atoms with van der Waals surface area (Å²) in [5, 5.41) is 2.28. The lowest BCUT2D eigenvalue weighted by molar-refractivity contribution is 0.248. The molecule has 1 aromatic carbocycles. The smallest absolute Gasteiger partial charge is 0.123 e. The highest BCUT2D eigenvalue weighted by Gasteiger charge is 2.16. The Kier molecular flexibility index (Phi) is 6.59. The molecule has 0 N–H and O–H groups in total. The van der Waals surface area contributed by atoms with Crippen LogP contribution in [0.3, 0.4) is 0 Å². The van der Waals surface area contributed by atoms with Gasteiger partial charge in [-0.1, -0.05) is 12.1 Å². The van der Waals surface area contributed by atoms with Gasteiger partial charge in [0, 0.05) is 37.6 Å². The van der Waals surface area contributed by atoms with E-state index in [1.54, 1.807) is 12.1 Å². The van der Waals surface area contributed by atoms with Crippen molar-refractivity contribution in [2.75, 3.05) is 40.3 Å². The Morgan fingerprint density at radius 2 is 1.76 bits per heavy atom. The van der Waals surface area contributed by atoms with Crippen LogP contribution in [0.2, 0.25) is 0 Å². The lowest BCUT2D eigenvalue weighted by Gasteiger charge is -2.21. The van der Waals surface area contributed by atoms with Crippen molar-refractivity contribution in [3.63, 3.8) is 0 Å². The normalized spacial score (nSPS) is 17.1. The van der Waals surface area contributed by atoms with Crippen LogP contribution in [0.5, 0.6) is 0 Å². The Morgan fingerprint density at radius 1 is 1.00 bits per heavy atom. The molecule has 1 aliphatic rings. The first-order chi connectivity index (χ1) is 12.1. The first-order valence-corrected chi connectivity index (χ1v) is 9.86. The van der Waals surface area contributed by atoms with Crippen LogP contribution in [0.1, 0.15) is 22.4 Å². The second kappa shape index (κ2) is 8.90. The highest BCUT2D eigenvalue weighted by molar-refractivity contribution is 7.10. The molecule has 1 fully saturated rings. The molecular weight excluding hydrogens is 333 g/mol. The monoisotopic (exact) mass is 361 g/mol. The van der Waals surface area contributed by atoms with Crippen molar-refractivity contribution >= 4 is 11.3 Å². The summed E-state index contributed by atoms with van der Waals surface area (Å²) in [7, 11) is 4.22. The number of hydrogen-bond acceptors (Lipinski definition) is 4. The molecule has 0 aliphatic carbocycles. The van der Waals surface area contributed by atoms with E-state index in [1.807, 2.05) is 17.4 Å². The molecule has 0 radical (unpaired) electrons. The lowest BCUT2D eigenvalue weighted by atomic mass is 10.2. The minimum absolute atomic E-state index is 0.139. The van der Waals surface area contributed by atoms with Gasteiger partial charge < -0.3 is 4.90 Å². The van der Waals surface area contributed by atoms with E-state index in [2.05, 4.69) is 40.2 Å². The molecule has 0 amide bonds. The molecule has 0 atom stereocenters. The van der Waals surface area contributed by atoms with E-state index in [-0.39, 0.29) is 5.82 Å². The molecule has 3 nitrogen and oxygen atoms in total. The summed E-state index contributed by atoms with van der Waals surface area (Å²) in [4.78, 5) is 8.66. The molecule has 1 aliphatic heterocycles. The van der Waals surface area contributed by atoms with E-state index in [0.717, 1.165) is 51.4 Å².